The van der Waals surface area contributed by atoms with Crippen molar-refractivity contribution in [1.29, 1.82) is 0 Å². The van der Waals surface area contributed by atoms with E-state index in [0.29, 0.717) is 30.6 Å². The summed E-state index contributed by atoms with van der Waals surface area (Å²) >= 11 is 3.03. The first kappa shape index (κ1) is 13.5. The Bertz CT molecular complexity index is 347. The molecule has 1 rings (SSSR count). The monoisotopic (exact) mass is 293 g/mol. The van der Waals surface area contributed by atoms with Gasteiger partial charge in [0.2, 0.25) is 0 Å². The molecule has 0 fully saturated rings. The first-order chi connectivity index (χ1) is 7.66. The van der Waals surface area contributed by atoms with E-state index < -0.39 is 11.6 Å². The van der Waals surface area contributed by atoms with Gasteiger partial charge >= 0.3 is 0 Å². The second kappa shape index (κ2) is 6.93. The molecular weight excluding hydrogens is 280 g/mol. The number of ether oxygens (including phenoxy) is 1. The highest BCUT2D eigenvalue weighted by molar-refractivity contribution is 9.10. The molecule has 5 heteroatoms. The summed E-state index contributed by atoms with van der Waals surface area (Å²) in [5.41, 5.74) is 0.110. The lowest BCUT2D eigenvalue weighted by Crippen LogP contribution is -2.22. The lowest BCUT2D eigenvalue weighted by atomic mass is 10.1. The number of methoxy groups -OCH3 is 1. The Balaban J connectivity index is 2.50. The minimum atomic E-state index is -0.520. The molecule has 0 aliphatic rings. The minimum Gasteiger partial charge on any atom is -0.383 e. The topological polar surface area (TPSA) is 21.3 Å². The molecule has 0 saturated carbocycles. The van der Waals surface area contributed by atoms with Crippen molar-refractivity contribution < 1.29 is 13.5 Å². The molecule has 0 heterocycles. The Morgan fingerprint density at radius 3 is 2.75 bits per heavy atom. The fraction of sp³-hybridized carbons (Fsp3) is 0.455. The molecule has 0 aliphatic heterocycles. The summed E-state index contributed by atoms with van der Waals surface area (Å²) in [6.45, 7) is 1.78. The molecule has 0 aliphatic carbocycles. The number of benzene rings is 1. The van der Waals surface area contributed by atoms with Gasteiger partial charge in [0.1, 0.15) is 11.6 Å². The molecule has 1 N–H and O–H groups in total. The Kier molecular flexibility index (Phi) is 5.87. The van der Waals surface area contributed by atoms with Gasteiger partial charge in [0.05, 0.1) is 11.1 Å². The molecule has 90 valence electrons. The van der Waals surface area contributed by atoms with Crippen molar-refractivity contribution in [2.75, 3.05) is 26.8 Å². The second-order valence-electron chi connectivity index (χ2n) is 3.31. The van der Waals surface area contributed by atoms with Gasteiger partial charge in [0.25, 0.3) is 0 Å². The lowest BCUT2D eigenvalue weighted by Gasteiger charge is -2.07. The fourth-order valence-corrected chi connectivity index (χ4v) is 1.68. The van der Waals surface area contributed by atoms with E-state index >= 15 is 0 Å². The average molecular weight is 294 g/mol. The zero-order valence-electron chi connectivity index (χ0n) is 9.03. The zero-order valence-corrected chi connectivity index (χ0v) is 10.6. The van der Waals surface area contributed by atoms with Crippen molar-refractivity contribution in [2.45, 2.75) is 6.42 Å². The van der Waals surface area contributed by atoms with Crippen LogP contribution in [-0.2, 0) is 11.2 Å². The normalized spacial score (nSPS) is 10.8. The Labute approximate surface area is 102 Å². The van der Waals surface area contributed by atoms with Crippen LogP contribution < -0.4 is 5.32 Å². The first-order valence-corrected chi connectivity index (χ1v) is 5.78. The fourth-order valence-electron chi connectivity index (χ4n) is 1.31. The number of hydrogen-bond donors (Lipinski definition) is 1. The molecule has 0 bridgehead atoms. The largest absolute Gasteiger partial charge is 0.383 e. The van der Waals surface area contributed by atoms with Crippen LogP contribution in [0.3, 0.4) is 0 Å². The van der Waals surface area contributed by atoms with Crippen molar-refractivity contribution >= 4 is 15.9 Å². The van der Waals surface area contributed by atoms with Crippen molar-refractivity contribution in [3.63, 3.8) is 0 Å². The summed E-state index contributed by atoms with van der Waals surface area (Å²) in [7, 11) is 1.61. The highest BCUT2D eigenvalue weighted by Crippen LogP contribution is 2.21. The number of nitrogens with one attached hydrogen (secondary N) is 1. The molecule has 0 aromatic heterocycles. The lowest BCUT2D eigenvalue weighted by molar-refractivity contribution is 0.199. The molecule has 0 amide bonds. The minimum absolute atomic E-state index is 0.110. The smallest absolute Gasteiger partial charge is 0.143 e. The highest BCUT2D eigenvalue weighted by Gasteiger charge is 2.11. The molecule has 0 spiro atoms. The van der Waals surface area contributed by atoms with Gasteiger partial charge in [-0.05, 0) is 41.0 Å². The van der Waals surface area contributed by atoms with E-state index in [1.54, 1.807) is 7.11 Å². The molecule has 1 aromatic rings. The molecule has 0 atom stereocenters. The van der Waals surface area contributed by atoms with E-state index in [1.807, 2.05) is 0 Å². The molecule has 0 saturated heterocycles. The van der Waals surface area contributed by atoms with E-state index in [-0.39, 0.29) is 5.56 Å². The van der Waals surface area contributed by atoms with Gasteiger partial charge in [-0.15, -0.1) is 0 Å². The van der Waals surface area contributed by atoms with Gasteiger partial charge in [-0.3, -0.25) is 0 Å². The average Bonchev–Trinajstić information content (AvgIpc) is 2.28. The summed E-state index contributed by atoms with van der Waals surface area (Å²) in [5.74, 6) is -1.03. The zero-order chi connectivity index (χ0) is 12.0. The maximum Gasteiger partial charge on any atom is 0.143 e. The second-order valence-corrected chi connectivity index (χ2v) is 4.17. The standard InChI is InChI=1S/C11H14BrF2NO/c1-16-7-6-15-5-4-8-10(13)3-2-9(12)11(8)14/h2-3,15H,4-7H2,1H3. The van der Waals surface area contributed by atoms with E-state index in [1.165, 1.54) is 12.1 Å². The van der Waals surface area contributed by atoms with Crippen molar-refractivity contribution in [3.8, 4) is 0 Å². The maximum atomic E-state index is 13.5. The van der Waals surface area contributed by atoms with Crippen molar-refractivity contribution in [1.82, 2.24) is 5.32 Å². The quantitative estimate of drug-likeness (QED) is 0.643. The predicted octanol–water partition coefficient (Wildman–Crippen LogP) is 2.51. The van der Waals surface area contributed by atoms with E-state index in [0.717, 1.165) is 0 Å². The predicted molar refractivity (Wildman–Crippen MR) is 62.5 cm³/mol. The molecule has 2 nitrogen and oxygen atoms in total. The van der Waals surface area contributed by atoms with Crippen molar-refractivity contribution in [3.05, 3.63) is 33.8 Å². The van der Waals surface area contributed by atoms with Crippen LogP contribution in [0.5, 0.6) is 0 Å². The van der Waals surface area contributed by atoms with Gasteiger partial charge in [0, 0.05) is 19.2 Å². The number of halogens is 3. The van der Waals surface area contributed by atoms with Crippen LogP contribution in [0.15, 0.2) is 16.6 Å². The van der Waals surface area contributed by atoms with Crippen LogP contribution in [0.2, 0.25) is 0 Å². The van der Waals surface area contributed by atoms with Gasteiger partial charge in [0.15, 0.2) is 0 Å². The van der Waals surface area contributed by atoms with Crippen LogP contribution in [-0.4, -0.2) is 26.8 Å². The van der Waals surface area contributed by atoms with Crippen LogP contribution in [0.1, 0.15) is 5.56 Å². The van der Waals surface area contributed by atoms with Gasteiger partial charge in [-0.2, -0.15) is 0 Å². The summed E-state index contributed by atoms with van der Waals surface area (Å²) < 4.78 is 31.9. The Hall–Kier alpha value is -0.520. The maximum absolute atomic E-state index is 13.5. The number of hydrogen-bond acceptors (Lipinski definition) is 2. The summed E-state index contributed by atoms with van der Waals surface area (Å²) in [6.07, 6.45) is 0.320. The molecule has 1 aromatic carbocycles. The Morgan fingerprint density at radius 1 is 1.31 bits per heavy atom. The number of rotatable bonds is 6. The Morgan fingerprint density at radius 2 is 2.06 bits per heavy atom. The third-order valence-electron chi connectivity index (χ3n) is 2.17. The third-order valence-corrected chi connectivity index (χ3v) is 2.79. The van der Waals surface area contributed by atoms with Gasteiger partial charge in [-0.1, -0.05) is 0 Å². The van der Waals surface area contributed by atoms with E-state index in [2.05, 4.69) is 21.2 Å². The van der Waals surface area contributed by atoms with E-state index in [9.17, 15) is 8.78 Å². The highest BCUT2D eigenvalue weighted by atomic mass is 79.9. The van der Waals surface area contributed by atoms with Crippen LogP contribution in [0, 0.1) is 11.6 Å². The molecule has 0 unspecified atom stereocenters. The summed E-state index contributed by atoms with van der Waals surface area (Å²) in [5, 5.41) is 3.04. The first-order valence-electron chi connectivity index (χ1n) is 4.99. The molecular formula is C11H14BrF2NO. The summed E-state index contributed by atoms with van der Waals surface area (Å²) in [4.78, 5) is 0. The van der Waals surface area contributed by atoms with Gasteiger partial charge in [-0.25, -0.2) is 8.78 Å². The van der Waals surface area contributed by atoms with Crippen LogP contribution >= 0.6 is 15.9 Å². The third kappa shape index (κ3) is 3.81. The molecule has 0 radical (unpaired) electrons. The summed E-state index contributed by atoms with van der Waals surface area (Å²) in [6, 6.07) is 2.63. The van der Waals surface area contributed by atoms with Crippen LogP contribution in [0.25, 0.3) is 0 Å². The van der Waals surface area contributed by atoms with E-state index in [4.69, 9.17) is 4.74 Å². The van der Waals surface area contributed by atoms with Crippen LogP contribution in [0.4, 0.5) is 8.78 Å². The van der Waals surface area contributed by atoms with Gasteiger partial charge < -0.3 is 10.1 Å². The SMILES string of the molecule is COCCNCCc1c(F)ccc(Br)c1F. The molecule has 16 heavy (non-hydrogen) atoms. The van der Waals surface area contributed by atoms with Crippen molar-refractivity contribution in [2.24, 2.45) is 0 Å².